The zero-order chi connectivity index (χ0) is 17.1. The molecule has 2 heterocycles. The van der Waals surface area contributed by atoms with Gasteiger partial charge in [0.1, 0.15) is 0 Å². The Balaban J connectivity index is 1.46. The Kier molecular flexibility index (Phi) is 3.68. The number of hydrogen-bond donors (Lipinski definition) is 1. The summed E-state index contributed by atoms with van der Waals surface area (Å²) in [6.45, 7) is 7.68. The van der Waals surface area contributed by atoms with Crippen LogP contribution in [0.25, 0.3) is 5.70 Å². The molecule has 6 atom stereocenters. The molecule has 1 aromatic rings. The molecular formula is C22H33N3. The number of hydrogen-bond acceptors (Lipinski definition) is 2. The lowest BCUT2D eigenvalue weighted by Gasteiger charge is -2.58. The van der Waals surface area contributed by atoms with E-state index in [1.54, 1.807) is 0 Å². The van der Waals surface area contributed by atoms with E-state index in [9.17, 15) is 0 Å². The van der Waals surface area contributed by atoms with Crippen LogP contribution in [0.3, 0.4) is 0 Å². The molecule has 3 aliphatic carbocycles. The van der Waals surface area contributed by atoms with Gasteiger partial charge in [-0.1, -0.05) is 19.9 Å². The van der Waals surface area contributed by atoms with Gasteiger partial charge in [0.25, 0.3) is 0 Å². The summed E-state index contributed by atoms with van der Waals surface area (Å²) < 4.78 is 2.29. The highest BCUT2D eigenvalue weighted by Crippen LogP contribution is 2.65. The third-order valence-corrected chi connectivity index (χ3v) is 8.90. The standard InChI is InChI=1S/C22H33N3/c1-21-10-12-23-11-8-16(21)3-4-17-18-5-6-20(25-14-13-24-15-25)22(18,2)9-7-19(17)21/h6,13-19,23H,3-5,7-12H2,1-2H3/t16?,17-,18-,19-,21-,22-/m0/s1. The minimum atomic E-state index is 0.355. The summed E-state index contributed by atoms with van der Waals surface area (Å²) in [5, 5.41) is 3.68. The molecule has 0 amide bonds. The van der Waals surface area contributed by atoms with E-state index in [0.29, 0.717) is 10.8 Å². The molecule has 0 radical (unpaired) electrons. The third kappa shape index (κ3) is 2.24. The molecule has 5 rings (SSSR count). The smallest absolute Gasteiger partial charge is 0.0989 e. The predicted octanol–water partition coefficient (Wildman–Crippen LogP) is 4.58. The maximum Gasteiger partial charge on any atom is 0.0989 e. The normalized spacial score (nSPS) is 46.6. The van der Waals surface area contributed by atoms with Crippen LogP contribution >= 0.6 is 0 Å². The maximum absolute atomic E-state index is 4.31. The Morgan fingerprint density at radius 2 is 2.00 bits per heavy atom. The van der Waals surface area contributed by atoms with Crippen LogP contribution in [0.15, 0.2) is 24.8 Å². The summed E-state index contributed by atoms with van der Waals surface area (Å²) in [5.41, 5.74) is 2.46. The van der Waals surface area contributed by atoms with E-state index in [-0.39, 0.29) is 0 Å². The summed E-state index contributed by atoms with van der Waals surface area (Å²) in [6, 6.07) is 0. The fourth-order valence-corrected chi connectivity index (χ4v) is 7.50. The van der Waals surface area contributed by atoms with Gasteiger partial charge in [-0.15, -0.1) is 0 Å². The van der Waals surface area contributed by atoms with Gasteiger partial charge in [0.15, 0.2) is 0 Å². The van der Waals surface area contributed by atoms with Crippen LogP contribution in [0.5, 0.6) is 0 Å². The average molecular weight is 340 g/mol. The Bertz CT molecular complexity index is 663. The monoisotopic (exact) mass is 339 g/mol. The zero-order valence-corrected chi connectivity index (χ0v) is 15.9. The molecule has 3 nitrogen and oxygen atoms in total. The van der Waals surface area contributed by atoms with Gasteiger partial charge < -0.3 is 9.88 Å². The minimum absolute atomic E-state index is 0.355. The average Bonchev–Trinajstić information content (AvgIpc) is 3.18. The van der Waals surface area contributed by atoms with E-state index in [2.05, 4.69) is 41.0 Å². The van der Waals surface area contributed by atoms with Crippen LogP contribution in [0.1, 0.15) is 58.8 Å². The van der Waals surface area contributed by atoms with Crippen molar-refractivity contribution in [1.82, 2.24) is 14.9 Å². The van der Waals surface area contributed by atoms with Gasteiger partial charge in [0, 0.05) is 23.5 Å². The summed E-state index contributed by atoms with van der Waals surface area (Å²) in [6.07, 6.45) is 18.4. The van der Waals surface area contributed by atoms with E-state index in [0.717, 1.165) is 23.7 Å². The number of nitrogens with one attached hydrogen (secondary N) is 1. The number of fused-ring (bicyclic) bond motifs is 5. The van der Waals surface area contributed by atoms with Crippen LogP contribution in [0.2, 0.25) is 0 Å². The molecule has 3 fully saturated rings. The lowest BCUT2D eigenvalue weighted by molar-refractivity contribution is -0.0798. The molecule has 3 heteroatoms. The first-order chi connectivity index (χ1) is 12.1. The molecule has 2 saturated carbocycles. The number of allylic oxidation sites excluding steroid dienone is 2. The number of aromatic nitrogens is 2. The molecule has 1 aromatic heterocycles. The van der Waals surface area contributed by atoms with Gasteiger partial charge in [-0.3, -0.25) is 0 Å². The second kappa shape index (κ2) is 5.70. The van der Waals surface area contributed by atoms with Gasteiger partial charge in [0.2, 0.25) is 0 Å². The van der Waals surface area contributed by atoms with Gasteiger partial charge in [-0.2, -0.15) is 0 Å². The molecule has 0 bridgehead atoms. The highest BCUT2D eigenvalue weighted by Gasteiger charge is 2.57. The quantitative estimate of drug-likeness (QED) is 0.812. The molecule has 0 aromatic carbocycles. The largest absolute Gasteiger partial charge is 0.317 e. The van der Waals surface area contributed by atoms with Crippen molar-refractivity contribution in [1.29, 1.82) is 0 Å². The molecule has 1 N–H and O–H groups in total. The Labute approximate surface area is 152 Å². The number of nitrogens with zero attached hydrogens (tertiary/aromatic N) is 2. The Morgan fingerprint density at radius 3 is 2.84 bits per heavy atom. The van der Waals surface area contributed by atoms with Crippen molar-refractivity contribution in [2.24, 2.45) is 34.5 Å². The Morgan fingerprint density at radius 1 is 1.08 bits per heavy atom. The second-order valence-corrected chi connectivity index (χ2v) is 9.70. The van der Waals surface area contributed by atoms with Crippen LogP contribution in [-0.2, 0) is 0 Å². The van der Waals surface area contributed by atoms with Crippen LogP contribution in [0.4, 0.5) is 0 Å². The number of rotatable bonds is 1. The molecule has 136 valence electrons. The summed E-state index contributed by atoms with van der Waals surface area (Å²) in [4.78, 5) is 4.31. The predicted molar refractivity (Wildman–Crippen MR) is 102 cm³/mol. The van der Waals surface area contributed by atoms with E-state index in [4.69, 9.17) is 0 Å². The minimum Gasteiger partial charge on any atom is -0.317 e. The third-order valence-electron chi connectivity index (χ3n) is 8.90. The molecule has 1 aliphatic heterocycles. The molecule has 25 heavy (non-hydrogen) atoms. The van der Waals surface area contributed by atoms with Crippen LogP contribution < -0.4 is 5.32 Å². The van der Waals surface area contributed by atoms with Gasteiger partial charge >= 0.3 is 0 Å². The molecule has 1 unspecified atom stereocenters. The lowest BCUT2D eigenvalue weighted by atomic mass is 9.46. The van der Waals surface area contributed by atoms with Crippen LogP contribution in [0, 0.1) is 34.5 Å². The van der Waals surface area contributed by atoms with Crippen molar-refractivity contribution in [3.8, 4) is 0 Å². The SMILES string of the molecule is C[C@]12CCNCCC1CC[C@@H]1[C@@H]2CC[C@]2(C)C(n3ccnc3)=CC[C@@H]12. The molecule has 1 saturated heterocycles. The second-order valence-electron chi connectivity index (χ2n) is 9.70. The Hall–Kier alpha value is -1.09. The van der Waals surface area contributed by atoms with E-state index in [1.165, 1.54) is 63.7 Å². The molecule has 0 spiro atoms. The van der Waals surface area contributed by atoms with Gasteiger partial charge in [-0.05, 0) is 87.1 Å². The van der Waals surface area contributed by atoms with Crippen LogP contribution in [-0.4, -0.2) is 22.6 Å². The van der Waals surface area contributed by atoms with Crippen molar-refractivity contribution in [2.75, 3.05) is 13.1 Å². The van der Waals surface area contributed by atoms with Crippen molar-refractivity contribution in [3.05, 3.63) is 24.8 Å². The molecular weight excluding hydrogens is 306 g/mol. The first-order valence-corrected chi connectivity index (χ1v) is 10.5. The fourth-order valence-electron chi connectivity index (χ4n) is 7.50. The lowest BCUT2D eigenvalue weighted by Crippen LogP contribution is -2.51. The highest BCUT2D eigenvalue weighted by atomic mass is 15.1. The topological polar surface area (TPSA) is 29.9 Å². The zero-order valence-electron chi connectivity index (χ0n) is 15.9. The summed E-state index contributed by atoms with van der Waals surface area (Å²) in [7, 11) is 0. The summed E-state index contributed by atoms with van der Waals surface area (Å²) >= 11 is 0. The van der Waals surface area contributed by atoms with Crippen molar-refractivity contribution in [3.63, 3.8) is 0 Å². The highest BCUT2D eigenvalue weighted by molar-refractivity contribution is 5.56. The maximum atomic E-state index is 4.31. The number of imidazole rings is 1. The molecule has 4 aliphatic rings. The summed E-state index contributed by atoms with van der Waals surface area (Å²) in [5.74, 6) is 3.67. The van der Waals surface area contributed by atoms with Crippen molar-refractivity contribution < 1.29 is 0 Å². The first-order valence-electron chi connectivity index (χ1n) is 10.5. The van der Waals surface area contributed by atoms with E-state index >= 15 is 0 Å². The van der Waals surface area contributed by atoms with Gasteiger partial charge in [-0.25, -0.2) is 4.98 Å². The van der Waals surface area contributed by atoms with E-state index in [1.807, 2.05) is 12.5 Å². The van der Waals surface area contributed by atoms with Crippen molar-refractivity contribution in [2.45, 2.75) is 58.8 Å². The fraction of sp³-hybridized carbons (Fsp3) is 0.773. The van der Waals surface area contributed by atoms with Gasteiger partial charge in [0.05, 0.1) is 6.33 Å². The van der Waals surface area contributed by atoms with E-state index < -0.39 is 0 Å². The van der Waals surface area contributed by atoms with Crippen molar-refractivity contribution >= 4 is 5.70 Å². The first kappa shape index (κ1) is 16.1.